The summed E-state index contributed by atoms with van der Waals surface area (Å²) in [6.07, 6.45) is 0. The Morgan fingerprint density at radius 1 is 1.00 bits per heavy atom. The van der Waals surface area contributed by atoms with Crippen molar-refractivity contribution in [2.24, 2.45) is 0 Å². The summed E-state index contributed by atoms with van der Waals surface area (Å²) in [5, 5.41) is 3.27. The average Bonchev–Trinajstić information content (AvgIpc) is 2.64. The van der Waals surface area contributed by atoms with E-state index in [-0.39, 0.29) is 23.9 Å². The van der Waals surface area contributed by atoms with E-state index in [9.17, 15) is 14.0 Å². The molecule has 0 radical (unpaired) electrons. The van der Waals surface area contributed by atoms with Crippen molar-refractivity contribution in [2.45, 2.75) is 0 Å². The molecule has 2 aromatic carbocycles. The first kappa shape index (κ1) is 18.4. The standard InChI is InChI=1S/C19H19ClFN3O2/c20-15-6-2-4-8-17(15)22-18(25)13-23-9-11-24(12-10-23)19(26)14-5-1-3-7-16(14)21/h1-8H,9-13H2,(H,22,25). The second kappa shape index (κ2) is 8.29. The number of para-hydroxylation sites is 1. The summed E-state index contributed by atoms with van der Waals surface area (Å²) in [5.41, 5.74) is 0.657. The van der Waals surface area contributed by atoms with Crippen molar-refractivity contribution in [2.75, 3.05) is 38.0 Å². The molecule has 1 fully saturated rings. The second-order valence-electron chi connectivity index (χ2n) is 6.08. The summed E-state index contributed by atoms with van der Waals surface area (Å²) >= 11 is 6.03. The van der Waals surface area contributed by atoms with E-state index in [1.54, 1.807) is 41.3 Å². The molecule has 0 spiro atoms. The Bertz CT molecular complexity index is 807. The van der Waals surface area contributed by atoms with Gasteiger partial charge in [0.1, 0.15) is 5.82 Å². The van der Waals surface area contributed by atoms with Crippen LogP contribution in [0, 0.1) is 5.82 Å². The van der Waals surface area contributed by atoms with Crippen molar-refractivity contribution < 1.29 is 14.0 Å². The third-order valence-corrected chi connectivity index (χ3v) is 4.61. The topological polar surface area (TPSA) is 52.7 Å². The molecule has 3 rings (SSSR count). The van der Waals surface area contributed by atoms with Crippen LogP contribution in [0.1, 0.15) is 10.4 Å². The predicted octanol–water partition coefficient (Wildman–Crippen LogP) is 2.88. The number of anilines is 1. The fraction of sp³-hybridized carbons (Fsp3) is 0.263. The van der Waals surface area contributed by atoms with Gasteiger partial charge in [0, 0.05) is 26.2 Å². The lowest BCUT2D eigenvalue weighted by molar-refractivity contribution is -0.117. The van der Waals surface area contributed by atoms with Crippen LogP contribution in [0.2, 0.25) is 5.02 Å². The molecule has 5 nitrogen and oxygen atoms in total. The van der Waals surface area contributed by atoms with Gasteiger partial charge in [-0.1, -0.05) is 35.9 Å². The molecule has 0 unspecified atom stereocenters. The van der Waals surface area contributed by atoms with Crippen LogP contribution in [-0.4, -0.2) is 54.3 Å². The lowest BCUT2D eigenvalue weighted by atomic mass is 10.1. The van der Waals surface area contributed by atoms with Gasteiger partial charge >= 0.3 is 0 Å². The number of carbonyl (C=O) groups excluding carboxylic acids is 2. The summed E-state index contributed by atoms with van der Waals surface area (Å²) in [5.74, 6) is -0.991. The number of hydrogen-bond acceptors (Lipinski definition) is 3. The molecule has 1 aliphatic heterocycles. The summed E-state index contributed by atoms with van der Waals surface area (Å²) in [4.78, 5) is 28.1. The van der Waals surface area contributed by atoms with E-state index < -0.39 is 5.82 Å². The molecule has 1 N–H and O–H groups in total. The summed E-state index contributed by atoms with van der Waals surface area (Å²) in [7, 11) is 0. The number of hydrogen-bond donors (Lipinski definition) is 1. The molecule has 0 bridgehead atoms. The second-order valence-corrected chi connectivity index (χ2v) is 6.48. The van der Waals surface area contributed by atoms with E-state index in [0.717, 1.165) is 0 Å². The van der Waals surface area contributed by atoms with Crippen LogP contribution in [0.15, 0.2) is 48.5 Å². The maximum Gasteiger partial charge on any atom is 0.256 e. The lowest BCUT2D eigenvalue weighted by Gasteiger charge is -2.34. The minimum atomic E-state index is -0.515. The quantitative estimate of drug-likeness (QED) is 0.894. The normalized spacial score (nSPS) is 14.9. The zero-order valence-corrected chi connectivity index (χ0v) is 14.9. The fourth-order valence-electron chi connectivity index (χ4n) is 2.87. The summed E-state index contributed by atoms with van der Waals surface area (Å²) in [6, 6.07) is 13.0. The number of rotatable bonds is 4. The zero-order chi connectivity index (χ0) is 18.5. The molecule has 1 saturated heterocycles. The number of nitrogens with zero attached hydrogens (tertiary/aromatic N) is 2. The van der Waals surface area contributed by atoms with E-state index >= 15 is 0 Å². The molecule has 0 saturated carbocycles. The van der Waals surface area contributed by atoms with Crippen molar-refractivity contribution in [3.05, 3.63) is 64.9 Å². The van der Waals surface area contributed by atoms with Gasteiger partial charge in [-0.05, 0) is 24.3 Å². The molecule has 1 aliphatic rings. The van der Waals surface area contributed by atoms with E-state index in [1.807, 2.05) is 4.90 Å². The van der Waals surface area contributed by atoms with Gasteiger partial charge in [-0.15, -0.1) is 0 Å². The van der Waals surface area contributed by atoms with Crippen LogP contribution >= 0.6 is 11.6 Å². The van der Waals surface area contributed by atoms with Gasteiger partial charge in [0.2, 0.25) is 5.91 Å². The van der Waals surface area contributed by atoms with Crippen molar-refractivity contribution in [3.8, 4) is 0 Å². The highest BCUT2D eigenvalue weighted by Gasteiger charge is 2.24. The average molecular weight is 376 g/mol. The summed E-state index contributed by atoms with van der Waals surface area (Å²) in [6.45, 7) is 2.22. The van der Waals surface area contributed by atoms with E-state index in [4.69, 9.17) is 11.6 Å². The molecule has 0 aliphatic carbocycles. The minimum absolute atomic E-state index is 0.0809. The molecule has 0 atom stereocenters. The van der Waals surface area contributed by atoms with Crippen LogP contribution in [0.4, 0.5) is 10.1 Å². The minimum Gasteiger partial charge on any atom is -0.336 e. The predicted molar refractivity (Wildman–Crippen MR) is 98.8 cm³/mol. The number of piperazine rings is 1. The monoisotopic (exact) mass is 375 g/mol. The van der Waals surface area contributed by atoms with Crippen LogP contribution in [0.3, 0.4) is 0 Å². The van der Waals surface area contributed by atoms with Gasteiger partial charge in [0.15, 0.2) is 0 Å². The van der Waals surface area contributed by atoms with Gasteiger partial charge in [0.25, 0.3) is 5.91 Å². The Kier molecular flexibility index (Phi) is 5.85. The van der Waals surface area contributed by atoms with Gasteiger partial charge in [0.05, 0.1) is 22.8 Å². The highest BCUT2D eigenvalue weighted by Crippen LogP contribution is 2.20. The number of amides is 2. The van der Waals surface area contributed by atoms with E-state index in [2.05, 4.69) is 5.32 Å². The SMILES string of the molecule is O=C(CN1CCN(C(=O)c2ccccc2F)CC1)Nc1ccccc1Cl. The van der Waals surface area contributed by atoms with Gasteiger partial charge in [-0.3, -0.25) is 14.5 Å². The highest BCUT2D eigenvalue weighted by molar-refractivity contribution is 6.33. The Morgan fingerprint density at radius 2 is 1.65 bits per heavy atom. The van der Waals surface area contributed by atoms with E-state index in [1.165, 1.54) is 12.1 Å². The van der Waals surface area contributed by atoms with Crippen molar-refractivity contribution in [1.82, 2.24) is 9.80 Å². The lowest BCUT2D eigenvalue weighted by Crippen LogP contribution is -2.50. The maximum atomic E-state index is 13.8. The van der Waals surface area contributed by atoms with Crippen molar-refractivity contribution in [1.29, 1.82) is 0 Å². The van der Waals surface area contributed by atoms with Crippen LogP contribution in [0.25, 0.3) is 0 Å². The molecule has 0 aromatic heterocycles. The van der Waals surface area contributed by atoms with Crippen LogP contribution < -0.4 is 5.32 Å². The molecule has 26 heavy (non-hydrogen) atoms. The molecular formula is C19H19ClFN3O2. The number of carbonyl (C=O) groups is 2. The smallest absolute Gasteiger partial charge is 0.256 e. The molecule has 136 valence electrons. The fourth-order valence-corrected chi connectivity index (χ4v) is 3.05. The van der Waals surface area contributed by atoms with Crippen molar-refractivity contribution in [3.63, 3.8) is 0 Å². The Hall–Kier alpha value is -2.44. The first-order valence-corrected chi connectivity index (χ1v) is 8.73. The molecule has 1 heterocycles. The van der Waals surface area contributed by atoms with Gasteiger partial charge in [-0.2, -0.15) is 0 Å². The molecule has 7 heteroatoms. The third kappa shape index (κ3) is 4.39. The Morgan fingerprint density at radius 3 is 2.35 bits per heavy atom. The van der Waals surface area contributed by atoms with Gasteiger partial charge in [-0.25, -0.2) is 4.39 Å². The number of benzene rings is 2. The molecule has 2 aromatic rings. The van der Waals surface area contributed by atoms with Crippen LogP contribution in [0.5, 0.6) is 0 Å². The van der Waals surface area contributed by atoms with E-state index in [0.29, 0.717) is 36.9 Å². The number of nitrogens with one attached hydrogen (secondary N) is 1. The van der Waals surface area contributed by atoms with Gasteiger partial charge < -0.3 is 10.2 Å². The zero-order valence-electron chi connectivity index (χ0n) is 14.1. The first-order chi connectivity index (χ1) is 12.5. The third-order valence-electron chi connectivity index (χ3n) is 4.28. The highest BCUT2D eigenvalue weighted by atomic mass is 35.5. The molecule has 2 amide bonds. The van der Waals surface area contributed by atoms with Crippen LogP contribution in [-0.2, 0) is 4.79 Å². The Labute approximate surface area is 156 Å². The maximum absolute atomic E-state index is 13.8. The number of halogens is 2. The molecular weight excluding hydrogens is 357 g/mol. The Balaban J connectivity index is 1.51. The van der Waals surface area contributed by atoms with Crippen molar-refractivity contribution >= 4 is 29.1 Å². The largest absolute Gasteiger partial charge is 0.336 e. The first-order valence-electron chi connectivity index (χ1n) is 8.35. The summed E-state index contributed by atoms with van der Waals surface area (Å²) < 4.78 is 13.8.